The van der Waals surface area contributed by atoms with Gasteiger partial charge in [0.2, 0.25) is 0 Å². The van der Waals surface area contributed by atoms with Gasteiger partial charge < -0.3 is 9.84 Å². The number of hydrogen-bond acceptors (Lipinski definition) is 2. The van der Waals surface area contributed by atoms with E-state index in [0.717, 1.165) is 11.6 Å². The Morgan fingerprint density at radius 2 is 1.77 bits per heavy atom. The van der Waals surface area contributed by atoms with Crippen LogP contribution in [0.4, 0.5) is 13.2 Å². The fourth-order valence-corrected chi connectivity index (χ4v) is 3.10. The minimum atomic E-state index is -4.42. The second-order valence-corrected chi connectivity index (χ2v) is 5.36. The molecule has 2 aromatic rings. The first kappa shape index (κ1) is 14.9. The molecule has 0 heterocycles. The SMILES string of the molecule is COC1CCc2c1ccc(C(F)(F)F)c2-c1ccc(O)cc1. The molecule has 116 valence electrons. The Morgan fingerprint density at radius 3 is 2.36 bits per heavy atom. The monoisotopic (exact) mass is 308 g/mol. The fraction of sp³-hybridized carbons (Fsp3) is 0.294. The Balaban J connectivity index is 2.25. The lowest BCUT2D eigenvalue weighted by Crippen LogP contribution is -2.09. The van der Waals surface area contributed by atoms with Gasteiger partial charge in [-0.3, -0.25) is 0 Å². The fourth-order valence-electron chi connectivity index (χ4n) is 3.10. The van der Waals surface area contributed by atoms with Gasteiger partial charge in [-0.1, -0.05) is 18.2 Å². The first-order chi connectivity index (χ1) is 10.4. The standard InChI is InChI=1S/C17H15F3O2/c1-22-15-9-7-13-12(15)6-8-14(17(18,19)20)16(13)10-2-4-11(21)5-3-10/h2-6,8,15,21H,7,9H2,1H3. The summed E-state index contributed by atoms with van der Waals surface area (Å²) in [6.07, 6.45) is -3.35. The lowest BCUT2D eigenvalue weighted by atomic mass is 9.91. The molecule has 0 aliphatic heterocycles. The Labute approximate surface area is 126 Å². The molecule has 5 heteroatoms. The van der Waals surface area contributed by atoms with Gasteiger partial charge in [0, 0.05) is 7.11 Å². The van der Waals surface area contributed by atoms with Crippen molar-refractivity contribution in [3.8, 4) is 16.9 Å². The number of hydrogen-bond donors (Lipinski definition) is 1. The van der Waals surface area contributed by atoms with E-state index in [9.17, 15) is 18.3 Å². The molecule has 1 atom stereocenters. The van der Waals surface area contributed by atoms with Gasteiger partial charge in [0.1, 0.15) is 5.75 Å². The Bertz CT molecular complexity index is 690. The van der Waals surface area contributed by atoms with Gasteiger partial charge in [0.25, 0.3) is 0 Å². The molecule has 0 bridgehead atoms. The number of benzene rings is 2. The van der Waals surface area contributed by atoms with E-state index in [4.69, 9.17) is 4.74 Å². The summed E-state index contributed by atoms with van der Waals surface area (Å²) in [6, 6.07) is 8.47. The van der Waals surface area contributed by atoms with Crippen LogP contribution in [-0.2, 0) is 17.3 Å². The van der Waals surface area contributed by atoms with Crippen molar-refractivity contribution in [2.24, 2.45) is 0 Å². The zero-order valence-electron chi connectivity index (χ0n) is 11.9. The quantitative estimate of drug-likeness (QED) is 0.870. The molecular weight excluding hydrogens is 293 g/mol. The summed E-state index contributed by atoms with van der Waals surface area (Å²) in [6.45, 7) is 0. The van der Waals surface area contributed by atoms with Crippen molar-refractivity contribution in [3.63, 3.8) is 0 Å². The molecule has 0 saturated carbocycles. The third-order valence-corrected chi connectivity index (χ3v) is 4.10. The number of ether oxygens (including phenoxy) is 1. The van der Waals surface area contributed by atoms with Gasteiger partial charge in [0.05, 0.1) is 11.7 Å². The van der Waals surface area contributed by atoms with Crippen molar-refractivity contribution < 1.29 is 23.0 Å². The van der Waals surface area contributed by atoms with Crippen LogP contribution in [-0.4, -0.2) is 12.2 Å². The maximum absolute atomic E-state index is 13.4. The first-order valence-corrected chi connectivity index (χ1v) is 6.97. The van der Waals surface area contributed by atoms with Crippen molar-refractivity contribution in [2.75, 3.05) is 7.11 Å². The van der Waals surface area contributed by atoms with Crippen LogP contribution >= 0.6 is 0 Å². The van der Waals surface area contributed by atoms with Crippen LogP contribution in [0.25, 0.3) is 11.1 Å². The third kappa shape index (κ3) is 2.46. The van der Waals surface area contributed by atoms with Crippen molar-refractivity contribution in [3.05, 3.63) is 53.1 Å². The first-order valence-electron chi connectivity index (χ1n) is 6.97. The van der Waals surface area contributed by atoms with Crippen LogP contribution < -0.4 is 0 Å². The number of aromatic hydroxyl groups is 1. The summed E-state index contributed by atoms with van der Waals surface area (Å²) in [4.78, 5) is 0. The molecular formula is C17H15F3O2. The van der Waals surface area contributed by atoms with E-state index in [1.807, 2.05) is 0 Å². The maximum atomic E-state index is 13.4. The number of methoxy groups -OCH3 is 1. The molecule has 1 N–H and O–H groups in total. The van der Waals surface area contributed by atoms with E-state index in [1.54, 1.807) is 7.11 Å². The van der Waals surface area contributed by atoms with Crippen LogP contribution in [0.3, 0.4) is 0 Å². The highest BCUT2D eigenvalue weighted by molar-refractivity contribution is 5.74. The van der Waals surface area contributed by atoms with Crippen molar-refractivity contribution >= 4 is 0 Å². The molecule has 22 heavy (non-hydrogen) atoms. The molecule has 1 aliphatic rings. The minimum Gasteiger partial charge on any atom is -0.508 e. The molecule has 0 amide bonds. The summed E-state index contributed by atoms with van der Waals surface area (Å²) in [5.74, 6) is 0.0275. The average molecular weight is 308 g/mol. The van der Waals surface area contributed by atoms with Crippen molar-refractivity contribution in [1.29, 1.82) is 0 Å². The van der Waals surface area contributed by atoms with Crippen LogP contribution in [0.5, 0.6) is 5.75 Å². The summed E-state index contributed by atoms with van der Waals surface area (Å²) in [5, 5.41) is 9.36. The van der Waals surface area contributed by atoms with E-state index in [0.29, 0.717) is 24.0 Å². The number of alkyl halides is 3. The Morgan fingerprint density at radius 1 is 1.09 bits per heavy atom. The van der Waals surface area contributed by atoms with Crippen molar-refractivity contribution in [2.45, 2.75) is 25.1 Å². The van der Waals surface area contributed by atoms with Gasteiger partial charge in [-0.25, -0.2) is 0 Å². The predicted octanol–water partition coefficient (Wildman–Crippen LogP) is 4.71. The number of phenolic OH excluding ortho intramolecular Hbond substituents is 1. The number of rotatable bonds is 2. The predicted molar refractivity (Wildman–Crippen MR) is 76.6 cm³/mol. The summed E-state index contributed by atoms with van der Waals surface area (Å²) in [5.41, 5.74) is 1.52. The van der Waals surface area contributed by atoms with Gasteiger partial charge in [-0.2, -0.15) is 13.2 Å². The molecule has 1 aliphatic carbocycles. The summed E-state index contributed by atoms with van der Waals surface area (Å²) >= 11 is 0. The van der Waals surface area contributed by atoms with Crippen LogP contribution in [0.1, 0.15) is 29.2 Å². The van der Waals surface area contributed by atoms with Gasteiger partial charge in [0.15, 0.2) is 0 Å². The number of halogens is 3. The third-order valence-electron chi connectivity index (χ3n) is 4.10. The molecule has 0 saturated heterocycles. The highest BCUT2D eigenvalue weighted by atomic mass is 19.4. The molecule has 3 rings (SSSR count). The largest absolute Gasteiger partial charge is 0.508 e. The van der Waals surface area contributed by atoms with Crippen molar-refractivity contribution in [1.82, 2.24) is 0 Å². The molecule has 2 aromatic carbocycles. The van der Waals surface area contributed by atoms with Crippen LogP contribution in [0.2, 0.25) is 0 Å². The molecule has 2 nitrogen and oxygen atoms in total. The van der Waals surface area contributed by atoms with Crippen LogP contribution in [0.15, 0.2) is 36.4 Å². The van der Waals surface area contributed by atoms with E-state index in [-0.39, 0.29) is 17.4 Å². The maximum Gasteiger partial charge on any atom is 0.417 e. The van der Waals surface area contributed by atoms with E-state index < -0.39 is 11.7 Å². The second-order valence-electron chi connectivity index (χ2n) is 5.36. The Hall–Kier alpha value is -2.01. The van der Waals surface area contributed by atoms with Gasteiger partial charge in [-0.05, 0) is 53.3 Å². The van der Waals surface area contributed by atoms with E-state index >= 15 is 0 Å². The molecule has 1 unspecified atom stereocenters. The second kappa shape index (κ2) is 5.32. The highest BCUT2D eigenvalue weighted by Gasteiger charge is 2.37. The highest BCUT2D eigenvalue weighted by Crippen LogP contribution is 2.45. The van der Waals surface area contributed by atoms with Gasteiger partial charge >= 0.3 is 6.18 Å². The molecule has 0 radical (unpaired) electrons. The minimum absolute atomic E-state index is 0.0275. The number of phenols is 1. The Kier molecular flexibility index (Phi) is 3.60. The molecule has 0 aromatic heterocycles. The smallest absolute Gasteiger partial charge is 0.417 e. The number of fused-ring (bicyclic) bond motifs is 1. The van der Waals surface area contributed by atoms with E-state index in [1.165, 1.54) is 30.3 Å². The summed E-state index contributed by atoms with van der Waals surface area (Å²) in [7, 11) is 1.57. The lowest BCUT2D eigenvalue weighted by molar-refractivity contribution is -0.137. The normalized spacial score (nSPS) is 17.5. The zero-order valence-corrected chi connectivity index (χ0v) is 11.9. The zero-order chi connectivity index (χ0) is 15.9. The topological polar surface area (TPSA) is 29.5 Å². The summed E-state index contributed by atoms with van der Waals surface area (Å²) < 4.78 is 45.5. The molecule has 0 spiro atoms. The average Bonchev–Trinajstić information content (AvgIpc) is 2.89. The van der Waals surface area contributed by atoms with Gasteiger partial charge in [-0.15, -0.1) is 0 Å². The van der Waals surface area contributed by atoms with Crippen LogP contribution in [0, 0.1) is 0 Å². The lowest BCUT2D eigenvalue weighted by Gasteiger charge is -2.18. The van der Waals surface area contributed by atoms with E-state index in [2.05, 4.69) is 0 Å². The molecule has 0 fully saturated rings.